The minimum absolute atomic E-state index is 0.0532. The monoisotopic (exact) mass is 358 g/mol. The molecule has 0 bridgehead atoms. The molecule has 0 saturated heterocycles. The average molecular weight is 358 g/mol. The SMILES string of the molecule is O=C(O)CCCC(=O)N1N=C(c2cccs2)C[C@H]1c1ccccc1O. The number of benzene rings is 1. The minimum atomic E-state index is -0.922. The largest absolute Gasteiger partial charge is 0.508 e. The Bertz CT molecular complexity index is 801. The van der Waals surface area contributed by atoms with Gasteiger partial charge in [0.05, 0.1) is 16.6 Å². The van der Waals surface area contributed by atoms with Crippen LogP contribution >= 0.6 is 11.3 Å². The molecule has 2 heterocycles. The molecule has 1 amide bonds. The molecule has 1 atom stereocenters. The van der Waals surface area contributed by atoms with Crippen LogP contribution in [0.25, 0.3) is 0 Å². The van der Waals surface area contributed by atoms with E-state index in [1.54, 1.807) is 29.5 Å². The van der Waals surface area contributed by atoms with E-state index in [0.717, 1.165) is 10.6 Å². The van der Waals surface area contributed by atoms with E-state index >= 15 is 0 Å². The third-order valence-electron chi connectivity index (χ3n) is 4.05. The van der Waals surface area contributed by atoms with E-state index in [4.69, 9.17) is 5.11 Å². The molecule has 130 valence electrons. The van der Waals surface area contributed by atoms with E-state index < -0.39 is 5.97 Å². The molecule has 0 radical (unpaired) electrons. The molecular weight excluding hydrogens is 340 g/mol. The second-order valence-corrected chi connectivity index (χ2v) is 6.74. The Morgan fingerprint density at radius 2 is 2.00 bits per heavy atom. The fraction of sp³-hybridized carbons (Fsp3) is 0.278. The fourth-order valence-electron chi connectivity index (χ4n) is 2.85. The van der Waals surface area contributed by atoms with Crippen LogP contribution in [0.5, 0.6) is 5.75 Å². The van der Waals surface area contributed by atoms with E-state index in [-0.39, 0.29) is 37.0 Å². The number of hydrogen-bond donors (Lipinski definition) is 2. The lowest BCUT2D eigenvalue weighted by molar-refractivity contribution is -0.137. The summed E-state index contributed by atoms with van der Waals surface area (Å²) in [4.78, 5) is 24.2. The summed E-state index contributed by atoms with van der Waals surface area (Å²) in [6.45, 7) is 0. The lowest BCUT2D eigenvalue weighted by Gasteiger charge is -2.22. The first-order chi connectivity index (χ1) is 12.1. The summed E-state index contributed by atoms with van der Waals surface area (Å²) in [5, 5.41) is 26.7. The van der Waals surface area contributed by atoms with Crippen molar-refractivity contribution in [3.05, 3.63) is 52.2 Å². The maximum Gasteiger partial charge on any atom is 0.303 e. The Morgan fingerprint density at radius 3 is 2.68 bits per heavy atom. The number of carboxylic acid groups (broad SMARTS) is 1. The van der Waals surface area contributed by atoms with Crippen LogP contribution in [-0.2, 0) is 9.59 Å². The van der Waals surface area contributed by atoms with Gasteiger partial charge < -0.3 is 10.2 Å². The highest BCUT2D eigenvalue weighted by Crippen LogP contribution is 2.37. The van der Waals surface area contributed by atoms with Crippen molar-refractivity contribution < 1.29 is 19.8 Å². The molecule has 0 spiro atoms. The molecule has 0 unspecified atom stereocenters. The zero-order valence-electron chi connectivity index (χ0n) is 13.5. The van der Waals surface area contributed by atoms with Crippen molar-refractivity contribution in [3.8, 4) is 5.75 Å². The molecule has 3 rings (SSSR count). The summed E-state index contributed by atoms with van der Waals surface area (Å²) in [5.74, 6) is -1.03. The number of hydrazone groups is 1. The van der Waals surface area contributed by atoms with Gasteiger partial charge in [-0.1, -0.05) is 24.3 Å². The van der Waals surface area contributed by atoms with Gasteiger partial charge in [-0.3, -0.25) is 9.59 Å². The lowest BCUT2D eigenvalue weighted by Crippen LogP contribution is -2.27. The van der Waals surface area contributed by atoms with E-state index in [9.17, 15) is 14.7 Å². The summed E-state index contributed by atoms with van der Waals surface area (Å²) >= 11 is 1.55. The molecule has 2 N–H and O–H groups in total. The topological polar surface area (TPSA) is 90.2 Å². The van der Waals surface area contributed by atoms with Gasteiger partial charge in [0.2, 0.25) is 5.91 Å². The van der Waals surface area contributed by atoms with Gasteiger partial charge in [0, 0.05) is 24.8 Å². The van der Waals surface area contributed by atoms with Crippen molar-refractivity contribution >= 4 is 28.9 Å². The molecule has 1 aliphatic rings. The zero-order chi connectivity index (χ0) is 17.8. The highest BCUT2D eigenvalue weighted by atomic mass is 32.1. The number of nitrogens with zero attached hydrogens (tertiary/aromatic N) is 2. The van der Waals surface area contributed by atoms with Gasteiger partial charge >= 0.3 is 5.97 Å². The first-order valence-electron chi connectivity index (χ1n) is 7.99. The summed E-state index contributed by atoms with van der Waals surface area (Å²) in [6.07, 6.45) is 0.838. The van der Waals surface area contributed by atoms with Gasteiger partial charge in [0.1, 0.15) is 5.75 Å². The third kappa shape index (κ3) is 3.88. The van der Waals surface area contributed by atoms with Crippen LogP contribution < -0.4 is 0 Å². The van der Waals surface area contributed by atoms with Crippen molar-refractivity contribution in [1.29, 1.82) is 0 Å². The van der Waals surface area contributed by atoms with Crippen LogP contribution in [0.1, 0.15) is 42.2 Å². The summed E-state index contributed by atoms with van der Waals surface area (Å²) in [6, 6.07) is 10.4. The molecule has 2 aromatic rings. The van der Waals surface area contributed by atoms with Crippen molar-refractivity contribution in [2.75, 3.05) is 0 Å². The standard InChI is InChI=1S/C18H18N2O4S/c21-15-6-2-1-5-12(15)14-11-13(16-7-4-10-25-16)19-20(14)17(22)8-3-9-18(23)24/h1-2,4-7,10,14,21H,3,8-9,11H2,(H,23,24)/t14-/m0/s1. The first kappa shape index (κ1) is 17.2. The Morgan fingerprint density at radius 1 is 1.20 bits per heavy atom. The van der Waals surface area contributed by atoms with E-state index in [1.165, 1.54) is 5.01 Å². The van der Waals surface area contributed by atoms with Crippen molar-refractivity contribution in [3.63, 3.8) is 0 Å². The van der Waals surface area contributed by atoms with E-state index in [0.29, 0.717) is 12.0 Å². The second kappa shape index (κ2) is 7.48. The maximum atomic E-state index is 12.6. The highest BCUT2D eigenvalue weighted by Gasteiger charge is 2.34. The summed E-state index contributed by atoms with van der Waals surface area (Å²) < 4.78 is 0. The predicted molar refractivity (Wildman–Crippen MR) is 94.7 cm³/mol. The molecule has 1 aliphatic heterocycles. The zero-order valence-corrected chi connectivity index (χ0v) is 14.3. The van der Waals surface area contributed by atoms with Gasteiger partial charge in [-0.2, -0.15) is 5.10 Å². The quantitative estimate of drug-likeness (QED) is 0.828. The number of phenols is 1. The van der Waals surface area contributed by atoms with Gasteiger partial charge in [-0.15, -0.1) is 11.3 Å². The van der Waals surface area contributed by atoms with E-state index in [1.807, 2.05) is 23.6 Å². The number of rotatable bonds is 6. The molecular formula is C18H18N2O4S. The Hall–Kier alpha value is -2.67. The number of aromatic hydroxyl groups is 1. The predicted octanol–water partition coefficient (Wildman–Crippen LogP) is 3.39. The Balaban J connectivity index is 1.84. The molecule has 25 heavy (non-hydrogen) atoms. The number of amides is 1. The second-order valence-electron chi connectivity index (χ2n) is 5.79. The van der Waals surface area contributed by atoms with Crippen LogP contribution in [0.3, 0.4) is 0 Å². The summed E-state index contributed by atoms with van der Waals surface area (Å²) in [5.41, 5.74) is 1.44. The van der Waals surface area contributed by atoms with Crippen LogP contribution in [0.15, 0.2) is 46.9 Å². The Kier molecular flexibility index (Phi) is 5.14. The number of carboxylic acids is 1. The molecule has 7 heteroatoms. The molecule has 0 fully saturated rings. The molecule has 0 saturated carbocycles. The van der Waals surface area contributed by atoms with Crippen molar-refractivity contribution in [2.24, 2.45) is 5.10 Å². The van der Waals surface area contributed by atoms with Gasteiger partial charge in [0.15, 0.2) is 0 Å². The Labute approximate surface area is 149 Å². The number of carbonyl (C=O) groups is 2. The minimum Gasteiger partial charge on any atom is -0.508 e. The molecule has 1 aromatic heterocycles. The fourth-order valence-corrected chi connectivity index (χ4v) is 3.57. The lowest BCUT2D eigenvalue weighted by atomic mass is 10.00. The van der Waals surface area contributed by atoms with Crippen LogP contribution in [0.4, 0.5) is 0 Å². The number of thiophene rings is 1. The third-order valence-corrected chi connectivity index (χ3v) is 4.97. The number of carbonyl (C=O) groups excluding carboxylic acids is 1. The first-order valence-corrected chi connectivity index (χ1v) is 8.87. The molecule has 6 nitrogen and oxygen atoms in total. The number of hydrogen-bond acceptors (Lipinski definition) is 5. The smallest absolute Gasteiger partial charge is 0.303 e. The molecule has 0 aliphatic carbocycles. The van der Waals surface area contributed by atoms with Crippen molar-refractivity contribution in [1.82, 2.24) is 5.01 Å². The average Bonchev–Trinajstić information content (AvgIpc) is 3.24. The summed E-state index contributed by atoms with van der Waals surface area (Å²) in [7, 11) is 0. The van der Waals surface area contributed by atoms with E-state index in [2.05, 4.69) is 5.10 Å². The number of aliphatic carboxylic acids is 1. The maximum absolute atomic E-state index is 12.6. The van der Waals surface area contributed by atoms with Gasteiger partial charge in [-0.05, 0) is 23.9 Å². The number of phenolic OH excluding ortho intramolecular Hbond substituents is 1. The van der Waals surface area contributed by atoms with Crippen molar-refractivity contribution in [2.45, 2.75) is 31.7 Å². The van der Waals surface area contributed by atoms with Crippen LogP contribution in [0.2, 0.25) is 0 Å². The van der Waals surface area contributed by atoms with Crippen LogP contribution in [0, 0.1) is 0 Å². The van der Waals surface area contributed by atoms with Gasteiger partial charge in [-0.25, -0.2) is 5.01 Å². The molecule has 1 aromatic carbocycles. The van der Waals surface area contributed by atoms with Gasteiger partial charge in [0.25, 0.3) is 0 Å². The number of para-hydroxylation sites is 1. The van der Waals surface area contributed by atoms with Crippen LogP contribution in [-0.4, -0.2) is 32.8 Å². The highest BCUT2D eigenvalue weighted by molar-refractivity contribution is 7.12. The normalized spacial score (nSPS) is 16.7.